The van der Waals surface area contributed by atoms with E-state index in [1.165, 1.54) is 25.3 Å². The number of nitrogens with one attached hydrogen (secondary N) is 3. The Morgan fingerprint density at radius 1 is 1.30 bits per heavy atom. The van der Waals surface area contributed by atoms with Crippen LogP contribution in [0.2, 0.25) is 5.02 Å². The van der Waals surface area contributed by atoms with Crippen LogP contribution < -0.4 is 27.0 Å². The van der Waals surface area contributed by atoms with Crippen molar-refractivity contribution in [2.24, 2.45) is 0 Å². The fourth-order valence-electron chi connectivity index (χ4n) is 2.13. The number of hydrogen-bond donors (Lipinski definition) is 4. The summed E-state index contributed by atoms with van der Waals surface area (Å²) in [4.78, 5) is 50.8. The summed E-state index contributed by atoms with van der Waals surface area (Å²) in [5, 5.41) is 2.86. The Kier molecular flexibility index (Phi) is 6.24. The monoisotopic (exact) mass is 396 g/mol. The zero-order valence-electron chi connectivity index (χ0n) is 14.4. The SMILES string of the molecule is COC(=O)c1cc(Cl)ccc1OCC(C)NC(=O)c1[nH]c(=O)[nH]c(=O)c1N. The van der Waals surface area contributed by atoms with E-state index < -0.39 is 34.9 Å². The molecule has 11 heteroatoms. The van der Waals surface area contributed by atoms with Crippen molar-refractivity contribution in [3.8, 4) is 5.75 Å². The molecule has 0 aliphatic rings. The Balaban J connectivity index is 2.08. The lowest BCUT2D eigenvalue weighted by Crippen LogP contribution is -2.40. The molecular formula is C16H17ClN4O6. The molecule has 2 aromatic rings. The van der Waals surface area contributed by atoms with E-state index in [1.54, 1.807) is 6.92 Å². The summed E-state index contributed by atoms with van der Waals surface area (Å²) in [6.07, 6.45) is 0. The fraction of sp³-hybridized carbons (Fsp3) is 0.250. The number of hydrogen-bond acceptors (Lipinski definition) is 7. The number of aromatic nitrogens is 2. The molecule has 1 amide bonds. The van der Waals surface area contributed by atoms with Crippen LogP contribution in [0.3, 0.4) is 0 Å². The van der Waals surface area contributed by atoms with Gasteiger partial charge in [0.05, 0.1) is 13.2 Å². The van der Waals surface area contributed by atoms with Crippen molar-refractivity contribution in [1.82, 2.24) is 15.3 Å². The van der Waals surface area contributed by atoms with Gasteiger partial charge in [0, 0.05) is 5.02 Å². The van der Waals surface area contributed by atoms with E-state index in [0.29, 0.717) is 5.02 Å². The van der Waals surface area contributed by atoms with Gasteiger partial charge in [-0.1, -0.05) is 11.6 Å². The summed E-state index contributed by atoms with van der Waals surface area (Å²) in [5.41, 5.74) is 3.16. The van der Waals surface area contributed by atoms with Gasteiger partial charge in [0.2, 0.25) is 0 Å². The Labute approximate surface area is 157 Å². The van der Waals surface area contributed by atoms with Crippen LogP contribution in [0.25, 0.3) is 0 Å². The number of methoxy groups -OCH3 is 1. The van der Waals surface area contributed by atoms with Gasteiger partial charge in [-0.3, -0.25) is 14.6 Å². The van der Waals surface area contributed by atoms with E-state index >= 15 is 0 Å². The van der Waals surface area contributed by atoms with E-state index in [-0.39, 0.29) is 23.6 Å². The lowest BCUT2D eigenvalue weighted by atomic mass is 10.2. The summed E-state index contributed by atoms with van der Waals surface area (Å²) in [5.74, 6) is -1.16. The van der Waals surface area contributed by atoms with E-state index in [2.05, 4.69) is 15.0 Å². The van der Waals surface area contributed by atoms with Gasteiger partial charge in [0.25, 0.3) is 11.5 Å². The number of carbonyl (C=O) groups excluding carboxylic acids is 2. The highest BCUT2D eigenvalue weighted by molar-refractivity contribution is 6.31. The molecule has 0 saturated heterocycles. The maximum Gasteiger partial charge on any atom is 0.341 e. The number of anilines is 1. The second-order valence-electron chi connectivity index (χ2n) is 5.51. The van der Waals surface area contributed by atoms with Gasteiger partial charge in [-0.15, -0.1) is 0 Å². The highest BCUT2D eigenvalue weighted by atomic mass is 35.5. The molecule has 1 unspecified atom stereocenters. The summed E-state index contributed by atoms with van der Waals surface area (Å²) in [7, 11) is 1.22. The standard InChI is InChI=1S/C16H17ClN4O6/c1-7(19-14(23)12-11(18)13(22)21-16(25)20-12)6-27-10-4-3-8(17)5-9(10)15(24)26-2/h3-5,7H,6,18H2,1-2H3,(H,19,23)(H2,20,21,22,25). The lowest BCUT2D eigenvalue weighted by Gasteiger charge is -2.16. The van der Waals surface area contributed by atoms with Crippen LogP contribution in [-0.4, -0.2) is 41.6 Å². The first kappa shape index (κ1) is 20.0. The molecule has 2 rings (SSSR count). The van der Waals surface area contributed by atoms with E-state index in [1.807, 2.05) is 4.98 Å². The summed E-state index contributed by atoms with van der Waals surface area (Å²) < 4.78 is 10.2. The number of nitrogens with two attached hydrogens (primary N) is 1. The number of esters is 1. The first-order valence-electron chi connectivity index (χ1n) is 7.66. The topological polar surface area (TPSA) is 156 Å². The highest BCUT2D eigenvalue weighted by Crippen LogP contribution is 2.23. The zero-order chi connectivity index (χ0) is 20.1. The van der Waals surface area contributed by atoms with Crippen LogP contribution in [0.5, 0.6) is 5.75 Å². The van der Waals surface area contributed by atoms with E-state index in [4.69, 9.17) is 22.1 Å². The maximum atomic E-state index is 12.2. The first-order valence-corrected chi connectivity index (χ1v) is 8.04. The quantitative estimate of drug-likeness (QED) is 0.511. The van der Waals surface area contributed by atoms with Crippen molar-refractivity contribution in [3.05, 3.63) is 55.3 Å². The molecule has 1 aromatic heterocycles. The van der Waals surface area contributed by atoms with E-state index in [0.717, 1.165) is 0 Å². The summed E-state index contributed by atoms with van der Waals surface area (Å²) in [6, 6.07) is 3.87. The molecule has 0 aliphatic heterocycles. The van der Waals surface area contributed by atoms with Gasteiger partial charge in [-0.05, 0) is 25.1 Å². The Bertz CT molecular complexity index is 984. The lowest BCUT2D eigenvalue weighted by molar-refractivity contribution is 0.0594. The molecular weight excluding hydrogens is 380 g/mol. The molecule has 1 aromatic carbocycles. The molecule has 0 bridgehead atoms. The van der Waals surface area contributed by atoms with Crippen LogP contribution in [0.4, 0.5) is 5.69 Å². The second-order valence-corrected chi connectivity index (χ2v) is 5.95. The van der Waals surface area contributed by atoms with Crippen LogP contribution >= 0.6 is 11.6 Å². The van der Waals surface area contributed by atoms with Crippen molar-refractivity contribution in [2.45, 2.75) is 13.0 Å². The molecule has 1 heterocycles. The minimum atomic E-state index is -0.864. The average Bonchev–Trinajstić information content (AvgIpc) is 2.62. The molecule has 0 radical (unpaired) electrons. The van der Waals surface area contributed by atoms with Crippen LogP contribution in [0.15, 0.2) is 27.8 Å². The molecule has 0 spiro atoms. The number of benzene rings is 1. The van der Waals surface area contributed by atoms with Crippen molar-refractivity contribution >= 4 is 29.2 Å². The highest BCUT2D eigenvalue weighted by Gasteiger charge is 2.18. The predicted octanol–water partition coefficient (Wildman–Crippen LogP) is 0.283. The third kappa shape index (κ3) is 4.88. The average molecular weight is 397 g/mol. The molecule has 1 atom stereocenters. The van der Waals surface area contributed by atoms with Crippen molar-refractivity contribution in [3.63, 3.8) is 0 Å². The normalized spacial score (nSPS) is 11.5. The molecule has 0 fully saturated rings. The maximum absolute atomic E-state index is 12.2. The molecule has 0 aliphatic carbocycles. The number of H-pyrrole nitrogens is 2. The Morgan fingerprint density at radius 3 is 2.67 bits per heavy atom. The minimum Gasteiger partial charge on any atom is -0.491 e. The Hall–Kier alpha value is -3.27. The largest absolute Gasteiger partial charge is 0.491 e. The summed E-state index contributed by atoms with van der Waals surface area (Å²) in [6.45, 7) is 1.60. The van der Waals surface area contributed by atoms with Gasteiger partial charge >= 0.3 is 11.7 Å². The number of nitrogen functional groups attached to an aromatic ring is 1. The molecule has 27 heavy (non-hydrogen) atoms. The van der Waals surface area contributed by atoms with E-state index in [9.17, 15) is 19.2 Å². The third-order valence-corrected chi connectivity index (χ3v) is 3.65. The number of rotatable bonds is 6. The number of aromatic amines is 2. The third-order valence-electron chi connectivity index (χ3n) is 3.42. The minimum absolute atomic E-state index is 0.0231. The van der Waals surface area contributed by atoms with Crippen LogP contribution in [-0.2, 0) is 4.74 Å². The molecule has 0 saturated carbocycles. The molecule has 10 nitrogen and oxygen atoms in total. The van der Waals surface area contributed by atoms with Gasteiger partial charge in [0.1, 0.15) is 29.3 Å². The van der Waals surface area contributed by atoms with Crippen molar-refractivity contribution in [1.29, 1.82) is 0 Å². The fourth-order valence-corrected chi connectivity index (χ4v) is 2.30. The number of ether oxygens (including phenoxy) is 2. The summed E-state index contributed by atoms with van der Waals surface area (Å²) >= 11 is 5.87. The second kappa shape index (κ2) is 8.41. The smallest absolute Gasteiger partial charge is 0.341 e. The van der Waals surface area contributed by atoms with Crippen LogP contribution in [0.1, 0.15) is 27.8 Å². The van der Waals surface area contributed by atoms with Gasteiger partial charge in [0.15, 0.2) is 0 Å². The van der Waals surface area contributed by atoms with Gasteiger partial charge in [-0.2, -0.15) is 0 Å². The Morgan fingerprint density at radius 2 is 2.00 bits per heavy atom. The predicted molar refractivity (Wildman–Crippen MR) is 97.3 cm³/mol. The van der Waals surface area contributed by atoms with Gasteiger partial charge in [-0.25, -0.2) is 9.59 Å². The number of amides is 1. The number of carbonyl (C=O) groups is 2. The first-order chi connectivity index (χ1) is 12.7. The zero-order valence-corrected chi connectivity index (χ0v) is 15.2. The van der Waals surface area contributed by atoms with Gasteiger partial charge < -0.3 is 25.5 Å². The number of halogens is 1. The van der Waals surface area contributed by atoms with Crippen molar-refractivity contribution < 1.29 is 19.1 Å². The molecule has 5 N–H and O–H groups in total. The molecule has 144 valence electrons. The van der Waals surface area contributed by atoms with Crippen molar-refractivity contribution in [2.75, 3.05) is 19.5 Å². The van der Waals surface area contributed by atoms with Crippen LogP contribution in [0, 0.1) is 0 Å².